The Balaban J connectivity index is 0. The number of phenolic OH excluding ortho intramolecular Hbond substituents is 3. The van der Waals surface area contributed by atoms with E-state index in [-0.39, 0.29) is 25.9 Å². The van der Waals surface area contributed by atoms with Gasteiger partial charge in [0.15, 0.2) is 17.2 Å². The van der Waals surface area contributed by atoms with E-state index in [1.54, 1.807) is 0 Å². The van der Waals surface area contributed by atoms with Crippen molar-refractivity contribution in [2.24, 2.45) is 0 Å². The predicted molar refractivity (Wildman–Crippen MR) is 39.5 cm³/mol. The molecule has 0 bridgehead atoms. The molecule has 0 saturated carbocycles. The summed E-state index contributed by atoms with van der Waals surface area (Å²) < 4.78 is 0. The molecular weight excluding hydrogens is 171 g/mol. The molecule has 0 aromatic heterocycles. The van der Waals surface area contributed by atoms with Crippen molar-refractivity contribution in [1.82, 2.24) is 0 Å². The number of hydrogen-bond acceptors (Lipinski definition) is 4. The maximum atomic E-state index is 10.3. The van der Waals surface area contributed by atoms with Gasteiger partial charge in [0.05, 0.1) is 5.56 Å². The van der Waals surface area contributed by atoms with E-state index >= 15 is 0 Å². The van der Waals surface area contributed by atoms with Gasteiger partial charge in [-0.05, 0) is 12.1 Å². The van der Waals surface area contributed by atoms with Crippen LogP contribution in [0.5, 0.6) is 17.2 Å². The van der Waals surface area contributed by atoms with Crippen molar-refractivity contribution in [2.45, 2.75) is 0 Å². The second-order valence-corrected chi connectivity index (χ2v) is 2.17. The van der Waals surface area contributed by atoms with Crippen molar-refractivity contribution >= 4 is 5.97 Å². The summed E-state index contributed by atoms with van der Waals surface area (Å²) in [7, 11) is 0. The minimum atomic E-state index is -1.29. The van der Waals surface area contributed by atoms with Gasteiger partial charge in [0.25, 0.3) is 0 Å². The normalized spacial score (nSPS) is 8.92. The Morgan fingerprint density at radius 3 is 1.85 bits per heavy atom. The molecule has 66 valence electrons. The molecule has 0 saturated heterocycles. The molecule has 4 N–H and O–H groups in total. The summed E-state index contributed by atoms with van der Waals surface area (Å²) >= 11 is 0. The molecule has 1 aromatic carbocycles. The second kappa shape index (κ2) is 4.08. The molecule has 0 aliphatic heterocycles. The number of benzene rings is 1. The zero-order valence-electron chi connectivity index (χ0n) is 7.85. The first-order valence-corrected chi connectivity index (χ1v) is 3.00. The number of carboxylic acid groups (broad SMARTS) is 1. The molecule has 1 rings (SSSR count). The Bertz CT molecular complexity index is 318. The third-order valence-electron chi connectivity index (χ3n) is 1.32. The van der Waals surface area contributed by atoms with Gasteiger partial charge in [-0.3, -0.25) is 0 Å². The summed E-state index contributed by atoms with van der Waals surface area (Å²) in [4.78, 5) is 10.3. The molecule has 0 fully saturated rings. The van der Waals surface area contributed by atoms with Crippen molar-refractivity contribution in [3.05, 3.63) is 17.7 Å². The predicted octanol–water partition coefficient (Wildman–Crippen LogP) is -2.38. The SMILES string of the molecule is O=C(O)c1cc(O)c(O)c(O)c1.[H-].[Li+]. The number of rotatable bonds is 1. The summed E-state index contributed by atoms with van der Waals surface area (Å²) in [6.07, 6.45) is 0. The smallest absolute Gasteiger partial charge is 1.00 e. The van der Waals surface area contributed by atoms with Crippen LogP contribution in [0.15, 0.2) is 12.1 Å². The number of hydrogen-bond donors (Lipinski definition) is 4. The second-order valence-electron chi connectivity index (χ2n) is 2.17. The van der Waals surface area contributed by atoms with Crippen LogP contribution in [0.2, 0.25) is 0 Å². The Labute approximate surface area is 86.9 Å². The van der Waals surface area contributed by atoms with Crippen LogP contribution in [-0.4, -0.2) is 26.4 Å². The van der Waals surface area contributed by atoms with Crippen LogP contribution < -0.4 is 18.9 Å². The first-order chi connectivity index (χ1) is 5.52. The van der Waals surface area contributed by atoms with Gasteiger partial charge in [-0.15, -0.1) is 0 Å². The summed E-state index contributed by atoms with van der Waals surface area (Å²) in [5.41, 5.74) is -0.289. The van der Waals surface area contributed by atoms with Gasteiger partial charge in [-0.25, -0.2) is 4.79 Å². The molecule has 0 atom stereocenters. The first-order valence-electron chi connectivity index (χ1n) is 3.00. The van der Waals surface area contributed by atoms with Crippen LogP contribution in [0, 0.1) is 0 Å². The zero-order valence-corrected chi connectivity index (χ0v) is 6.85. The molecule has 0 radical (unpaired) electrons. The molecule has 0 unspecified atom stereocenters. The standard InChI is InChI=1S/C7H6O5.Li.H/c8-4-1-3(7(11)12)2-5(9)6(4)10;;/h1-2,8-10H,(H,11,12);;/q;+1;-1. The van der Waals surface area contributed by atoms with E-state index in [1.165, 1.54) is 0 Å². The van der Waals surface area contributed by atoms with E-state index in [0.29, 0.717) is 0 Å². The fourth-order valence-corrected chi connectivity index (χ4v) is 0.728. The third kappa shape index (κ3) is 2.31. The largest absolute Gasteiger partial charge is 1.00 e. The fourth-order valence-electron chi connectivity index (χ4n) is 0.728. The van der Waals surface area contributed by atoms with Crippen molar-refractivity contribution in [3.63, 3.8) is 0 Å². The van der Waals surface area contributed by atoms with Crippen LogP contribution in [0.4, 0.5) is 0 Å². The Hall–Kier alpha value is -1.31. The minimum Gasteiger partial charge on any atom is -1.00 e. The molecule has 0 heterocycles. The topological polar surface area (TPSA) is 98.0 Å². The van der Waals surface area contributed by atoms with E-state index in [4.69, 9.17) is 20.4 Å². The van der Waals surface area contributed by atoms with Crippen molar-refractivity contribution < 1.29 is 45.5 Å². The molecule has 6 heteroatoms. The molecule has 0 amide bonds. The number of carboxylic acids is 1. The first kappa shape index (κ1) is 11.7. The van der Waals surface area contributed by atoms with Crippen LogP contribution in [-0.2, 0) is 0 Å². The molecule has 0 spiro atoms. The Morgan fingerprint density at radius 1 is 1.15 bits per heavy atom. The quantitative estimate of drug-likeness (QED) is 0.284. The molecular formula is C7H7LiO5. The molecule has 0 aliphatic carbocycles. The summed E-state index contributed by atoms with van der Waals surface area (Å²) in [5, 5.41) is 35.0. The van der Waals surface area contributed by atoms with Crippen molar-refractivity contribution in [3.8, 4) is 17.2 Å². The van der Waals surface area contributed by atoms with Gasteiger partial charge in [-0.1, -0.05) is 0 Å². The van der Waals surface area contributed by atoms with E-state index < -0.39 is 23.2 Å². The number of aromatic carboxylic acids is 1. The van der Waals surface area contributed by atoms with Gasteiger partial charge >= 0.3 is 24.8 Å². The average molecular weight is 178 g/mol. The van der Waals surface area contributed by atoms with E-state index in [0.717, 1.165) is 12.1 Å². The van der Waals surface area contributed by atoms with Gasteiger partial charge < -0.3 is 21.9 Å². The third-order valence-corrected chi connectivity index (χ3v) is 1.32. The molecule has 0 aliphatic rings. The number of carbonyl (C=O) groups is 1. The maximum absolute atomic E-state index is 10.3. The van der Waals surface area contributed by atoms with E-state index in [1.807, 2.05) is 0 Å². The van der Waals surface area contributed by atoms with Gasteiger partial charge in [0.2, 0.25) is 0 Å². The summed E-state index contributed by atoms with van der Waals surface area (Å²) in [6.45, 7) is 0. The van der Waals surface area contributed by atoms with E-state index in [9.17, 15) is 4.79 Å². The van der Waals surface area contributed by atoms with Crippen LogP contribution in [0.1, 0.15) is 11.8 Å². The van der Waals surface area contributed by atoms with Crippen molar-refractivity contribution in [1.29, 1.82) is 0 Å². The van der Waals surface area contributed by atoms with Crippen LogP contribution >= 0.6 is 0 Å². The Morgan fingerprint density at radius 2 is 1.54 bits per heavy atom. The average Bonchev–Trinajstić information content (AvgIpc) is 1.99. The Kier molecular flexibility index (Phi) is 3.66. The minimum absolute atomic E-state index is 0. The van der Waals surface area contributed by atoms with Gasteiger partial charge in [0.1, 0.15) is 0 Å². The molecule has 13 heavy (non-hydrogen) atoms. The van der Waals surface area contributed by atoms with Crippen LogP contribution in [0.3, 0.4) is 0 Å². The van der Waals surface area contributed by atoms with Gasteiger partial charge in [0, 0.05) is 0 Å². The number of aromatic hydroxyl groups is 3. The summed E-state index contributed by atoms with van der Waals surface area (Å²) in [6, 6.07) is 1.69. The molecule has 5 nitrogen and oxygen atoms in total. The molecule has 1 aromatic rings. The van der Waals surface area contributed by atoms with E-state index in [2.05, 4.69) is 0 Å². The summed E-state index contributed by atoms with van der Waals surface area (Å²) in [5.74, 6) is -3.33. The maximum Gasteiger partial charge on any atom is 1.00 e. The fraction of sp³-hybridized carbons (Fsp3) is 0. The number of phenols is 3. The zero-order chi connectivity index (χ0) is 9.30. The van der Waals surface area contributed by atoms with Gasteiger partial charge in [-0.2, -0.15) is 0 Å². The van der Waals surface area contributed by atoms with Crippen molar-refractivity contribution in [2.75, 3.05) is 0 Å². The monoisotopic (exact) mass is 178 g/mol. The van der Waals surface area contributed by atoms with Crippen LogP contribution in [0.25, 0.3) is 0 Å².